The van der Waals surface area contributed by atoms with Gasteiger partial charge < -0.3 is 9.64 Å². The third-order valence-corrected chi connectivity index (χ3v) is 4.35. The van der Waals surface area contributed by atoms with Crippen LogP contribution in [0.5, 0.6) is 5.75 Å². The lowest BCUT2D eigenvalue weighted by atomic mass is 10.1. The van der Waals surface area contributed by atoms with Gasteiger partial charge in [-0.1, -0.05) is 26.7 Å². The van der Waals surface area contributed by atoms with Crippen molar-refractivity contribution in [3.63, 3.8) is 0 Å². The molecule has 1 saturated carbocycles. The van der Waals surface area contributed by atoms with E-state index in [1.165, 1.54) is 25.7 Å². The fraction of sp³-hybridized carbons (Fsp3) is 0.611. The molecule has 0 spiro atoms. The SMILES string of the molecule is COc1ccc(C#N)c(N(CCC(C)C)C2CCCC2)c1. The first-order valence-electron chi connectivity index (χ1n) is 8.00. The van der Waals surface area contributed by atoms with E-state index in [-0.39, 0.29) is 0 Å². The normalized spacial score (nSPS) is 15.2. The number of benzene rings is 1. The number of ether oxygens (including phenoxy) is 1. The van der Waals surface area contributed by atoms with Crippen LogP contribution in [0, 0.1) is 17.2 Å². The molecule has 1 aromatic rings. The number of nitrogens with zero attached hydrogens (tertiary/aromatic N) is 2. The standard InChI is InChI=1S/C18H26N2O/c1-14(2)10-11-20(16-6-4-5-7-16)18-12-17(21-3)9-8-15(18)13-19/h8-9,12,14,16H,4-7,10-11H2,1-3H3. The van der Waals surface area contributed by atoms with E-state index in [0.717, 1.165) is 30.0 Å². The summed E-state index contributed by atoms with van der Waals surface area (Å²) in [4.78, 5) is 2.45. The van der Waals surface area contributed by atoms with Crippen LogP contribution in [0.1, 0.15) is 51.5 Å². The average molecular weight is 286 g/mol. The summed E-state index contributed by atoms with van der Waals surface area (Å²) >= 11 is 0. The zero-order valence-corrected chi connectivity index (χ0v) is 13.4. The summed E-state index contributed by atoms with van der Waals surface area (Å²) in [5.74, 6) is 1.50. The Morgan fingerprint density at radius 2 is 2.05 bits per heavy atom. The molecule has 0 saturated heterocycles. The van der Waals surface area contributed by atoms with Crippen molar-refractivity contribution >= 4 is 5.69 Å². The van der Waals surface area contributed by atoms with Crippen molar-refractivity contribution in [2.24, 2.45) is 5.92 Å². The molecule has 3 heteroatoms. The highest BCUT2D eigenvalue weighted by Crippen LogP contribution is 2.33. The van der Waals surface area contributed by atoms with Crippen LogP contribution in [0.4, 0.5) is 5.69 Å². The van der Waals surface area contributed by atoms with Gasteiger partial charge in [-0.2, -0.15) is 5.26 Å². The van der Waals surface area contributed by atoms with Crippen molar-refractivity contribution in [1.29, 1.82) is 5.26 Å². The molecule has 0 radical (unpaired) electrons. The van der Waals surface area contributed by atoms with Crippen LogP contribution >= 0.6 is 0 Å². The second kappa shape index (κ2) is 7.36. The third-order valence-electron chi connectivity index (χ3n) is 4.35. The van der Waals surface area contributed by atoms with E-state index in [4.69, 9.17) is 4.74 Å². The smallest absolute Gasteiger partial charge is 0.121 e. The first-order chi connectivity index (χ1) is 10.2. The van der Waals surface area contributed by atoms with Gasteiger partial charge in [0.1, 0.15) is 11.8 Å². The van der Waals surface area contributed by atoms with E-state index < -0.39 is 0 Å². The lowest BCUT2D eigenvalue weighted by Gasteiger charge is -2.32. The minimum atomic E-state index is 0.572. The van der Waals surface area contributed by atoms with Gasteiger partial charge in [-0.3, -0.25) is 0 Å². The van der Waals surface area contributed by atoms with Crippen LogP contribution in [-0.4, -0.2) is 19.7 Å². The zero-order valence-electron chi connectivity index (χ0n) is 13.4. The molecule has 21 heavy (non-hydrogen) atoms. The minimum absolute atomic E-state index is 0.572. The molecule has 0 aromatic heterocycles. The van der Waals surface area contributed by atoms with E-state index in [9.17, 15) is 5.26 Å². The summed E-state index contributed by atoms with van der Waals surface area (Å²) in [5.41, 5.74) is 1.80. The highest BCUT2D eigenvalue weighted by Gasteiger charge is 2.25. The molecule has 1 aromatic carbocycles. The molecular weight excluding hydrogens is 260 g/mol. The van der Waals surface area contributed by atoms with Gasteiger partial charge in [-0.05, 0) is 37.3 Å². The molecule has 114 valence electrons. The van der Waals surface area contributed by atoms with Gasteiger partial charge in [0, 0.05) is 18.7 Å². The molecule has 1 aliphatic rings. The van der Waals surface area contributed by atoms with Gasteiger partial charge in [0.2, 0.25) is 0 Å². The Balaban J connectivity index is 2.32. The maximum Gasteiger partial charge on any atom is 0.121 e. The Hall–Kier alpha value is -1.69. The summed E-state index contributed by atoms with van der Waals surface area (Å²) in [6.45, 7) is 5.53. The van der Waals surface area contributed by atoms with Crippen molar-refractivity contribution in [3.05, 3.63) is 23.8 Å². The van der Waals surface area contributed by atoms with Gasteiger partial charge >= 0.3 is 0 Å². The Bertz CT molecular complexity index is 498. The molecule has 0 heterocycles. The second-order valence-electron chi connectivity index (χ2n) is 6.31. The Morgan fingerprint density at radius 1 is 1.33 bits per heavy atom. The highest BCUT2D eigenvalue weighted by molar-refractivity contribution is 5.62. The van der Waals surface area contributed by atoms with E-state index in [1.807, 2.05) is 18.2 Å². The van der Waals surface area contributed by atoms with Gasteiger partial charge in [0.15, 0.2) is 0 Å². The molecule has 1 fully saturated rings. The fourth-order valence-electron chi connectivity index (χ4n) is 3.08. The Kier molecular flexibility index (Phi) is 5.50. The lowest BCUT2D eigenvalue weighted by Crippen LogP contribution is -2.35. The van der Waals surface area contributed by atoms with Gasteiger partial charge in [0.25, 0.3) is 0 Å². The number of methoxy groups -OCH3 is 1. The monoisotopic (exact) mass is 286 g/mol. The molecule has 0 atom stereocenters. The molecule has 0 unspecified atom stereocenters. The van der Waals surface area contributed by atoms with E-state index in [2.05, 4.69) is 24.8 Å². The van der Waals surface area contributed by atoms with Gasteiger partial charge in [-0.15, -0.1) is 0 Å². The first-order valence-corrected chi connectivity index (χ1v) is 8.00. The summed E-state index contributed by atoms with van der Waals surface area (Å²) < 4.78 is 5.36. The third kappa shape index (κ3) is 3.91. The molecule has 3 nitrogen and oxygen atoms in total. The van der Waals surface area contributed by atoms with E-state index in [0.29, 0.717) is 12.0 Å². The first kappa shape index (κ1) is 15.7. The molecular formula is C18H26N2O. The second-order valence-corrected chi connectivity index (χ2v) is 6.31. The van der Waals surface area contributed by atoms with Crippen molar-refractivity contribution in [2.45, 2.75) is 52.0 Å². The van der Waals surface area contributed by atoms with Crippen LogP contribution in [-0.2, 0) is 0 Å². The molecule has 0 amide bonds. The number of rotatable bonds is 6. The summed E-state index contributed by atoms with van der Waals surface area (Å²) in [7, 11) is 1.68. The predicted molar refractivity (Wildman–Crippen MR) is 86.8 cm³/mol. The number of hydrogen-bond acceptors (Lipinski definition) is 3. The van der Waals surface area contributed by atoms with Crippen LogP contribution in [0.15, 0.2) is 18.2 Å². The fourth-order valence-corrected chi connectivity index (χ4v) is 3.08. The number of hydrogen-bond donors (Lipinski definition) is 0. The molecule has 1 aliphatic carbocycles. The molecule has 0 N–H and O–H groups in total. The zero-order chi connectivity index (χ0) is 15.2. The predicted octanol–water partition coefficient (Wildman–Crippen LogP) is 4.36. The number of nitriles is 1. The Morgan fingerprint density at radius 3 is 2.62 bits per heavy atom. The van der Waals surface area contributed by atoms with E-state index >= 15 is 0 Å². The summed E-state index contributed by atoms with van der Waals surface area (Å²) in [5, 5.41) is 9.43. The van der Waals surface area contributed by atoms with Crippen molar-refractivity contribution < 1.29 is 4.74 Å². The lowest BCUT2D eigenvalue weighted by molar-refractivity contribution is 0.414. The minimum Gasteiger partial charge on any atom is -0.497 e. The van der Waals surface area contributed by atoms with Crippen molar-refractivity contribution in [3.8, 4) is 11.8 Å². The molecule has 0 aliphatic heterocycles. The molecule has 0 bridgehead atoms. The average Bonchev–Trinajstić information content (AvgIpc) is 3.01. The van der Waals surface area contributed by atoms with Crippen LogP contribution in [0.25, 0.3) is 0 Å². The summed E-state index contributed by atoms with van der Waals surface area (Å²) in [6.07, 6.45) is 6.22. The maximum atomic E-state index is 9.43. The van der Waals surface area contributed by atoms with Gasteiger partial charge in [0.05, 0.1) is 18.4 Å². The number of anilines is 1. The van der Waals surface area contributed by atoms with E-state index in [1.54, 1.807) is 7.11 Å². The van der Waals surface area contributed by atoms with Crippen LogP contribution in [0.2, 0.25) is 0 Å². The summed E-state index contributed by atoms with van der Waals surface area (Å²) in [6, 6.07) is 8.69. The Labute approximate surface area is 128 Å². The highest BCUT2D eigenvalue weighted by atomic mass is 16.5. The maximum absolute atomic E-state index is 9.43. The van der Waals surface area contributed by atoms with Crippen LogP contribution < -0.4 is 9.64 Å². The van der Waals surface area contributed by atoms with Crippen molar-refractivity contribution in [1.82, 2.24) is 0 Å². The largest absolute Gasteiger partial charge is 0.497 e. The topological polar surface area (TPSA) is 36.3 Å². The quantitative estimate of drug-likeness (QED) is 0.779. The molecule has 2 rings (SSSR count). The van der Waals surface area contributed by atoms with Crippen LogP contribution in [0.3, 0.4) is 0 Å². The van der Waals surface area contributed by atoms with Crippen molar-refractivity contribution in [2.75, 3.05) is 18.6 Å². The van der Waals surface area contributed by atoms with Gasteiger partial charge in [-0.25, -0.2) is 0 Å².